The monoisotopic (exact) mass is 536 g/mol. The van der Waals surface area contributed by atoms with E-state index >= 15 is 0 Å². The first kappa shape index (κ1) is 28.9. The van der Waals surface area contributed by atoms with Gasteiger partial charge in [-0.15, -0.1) is 0 Å². The van der Waals surface area contributed by atoms with Gasteiger partial charge in [0.25, 0.3) is 0 Å². The molecular weight excluding hydrogens is 492 g/mol. The Balaban J connectivity index is 1.41. The maximum Gasteiger partial charge on any atom is 0.325 e. The second-order valence-corrected chi connectivity index (χ2v) is 11.7. The minimum absolute atomic E-state index is 0.0315. The first-order valence-corrected chi connectivity index (χ1v) is 14.0. The normalized spacial score (nSPS) is 17.9. The van der Waals surface area contributed by atoms with E-state index in [4.69, 9.17) is 11.1 Å². The number of carbonyl (C=O) groups is 1. The molecule has 2 aromatic rings. The van der Waals surface area contributed by atoms with Crippen molar-refractivity contribution < 1.29 is 15.0 Å². The summed E-state index contributed by atoms with van der Waals surface area (Å²) in [5.74, 6) is 0.111. The SMILES string of the molecule is CC(C)c1cc(C(=N)N(C(N)=O)c2ccc(CN3CCN(C(C)(C)C4CCNCC4)CC3)cc2)c(O)cc1O. The molecule has 0 atom stereocenters. The number of carbonyl (C=O) groups excluding carboxylic acids is 1. The molecule has 0 spiro atoms. The number of nitrogens with one attached hydrogen (secondary N) is 2. The number of rotatable bonds is 7. The van der Waals surface area contributed by atoms with Crippen molar-refractivity contribution >= 4 is 17.6 Å². The second-order valence-electron chi connectivity index (χ2n) is 11.7. The van der Waals surface area contributed by atoms with Crippen LogP contribution in [0, 0.1) is 11.3 Å². The van der Waals surface area contributed by atoms with Gasteiger partial charge in [-0.05, 0) is 80.9 Å². The number of amides is 2. The van der Waals surface area contributed by atoms with Crippen molar-refractivity contribution in [1.82, 2.24) is 15.1 Å². The number of hydrogen-bond acceptors (Lipinski definition) is 7. The van der Waals surface area contributed by atoms with E-state index < -0.39 is 6.03 Å². The minimum Gasteiger partial charge on any atom is -0.508 e. The van der Waals surface area contributed by atoms with E-state index in [0.717, 1.165) is 62.2 Å². The molecule has 2 aromatic carbocycles. The zero-order chi connectivity index (χ0) is 28.3. The Morgan fingerprint density at radius 2 is 1.69 bits per heavy atom. The van der Waals surface area contributed by atoms with Crippen LogP contribution < -0.4 is 16.0 Å². The summed E-state index contributed by atoms with van der Waals surface area (Å²) in [4.78, 5) is 18.6. The molecule has 2 aliphatic rings. The van der Waals surface area contributed by atoms with Gasteiger partial charge >= 0.3 is 6.03 Å². The number of nitrogens with zero attached hydrogens (tertiary/aromatic N) is 3. The van der Waals surface area contributed by atoms with Crippen molar-refractivity contribution in [3.8, 4) is 11.5 Å². The molecular formula is C30H44N6O3. The molecule has 2 aliphatic heterocycles. The molecule has 4 rings (SSSR count). The Labute approximate surface area is 232 Å². The third-order valence-corrected chi connectivity index (χ3v) is 8.59. The smallest absolute Gasteiger partial charge is 0.325 e. The lowest BCUT2D eigenvalue weighted by Crippen LogP contribution is -2.58. The third kappa shape index (κ3) is 6.37. The van der Waals surface area contributed by atoms with Crippen molar-refractivity contribution in [2.24, 2.45) is 11.7 Å². The van der Waals surface area contributed by atoms with Crippen LogP contribution in [0.15, 0.2) is 36.4 Å². The predicted octanol–water partition coefficient (Wildman–Crippen LogP) is 4.03. The molecule has 39 heavy (non-hydrogen) atoms. The second kappa shape index (κ2) is 11.9. The van der Waals surface area contributed by atoms with Gasteiger partial charge in [-0.2, -0.15) is 0 Å². The van der Waals surface area contributed by atoms with Crippen molar-refractivity contribution in [3.05, 3.63) is 53.1 Å². The zero-order valence-electron chi connectivity index (χ0n) is 23.7. The number of urea groups is 1. The zero-order valence-corrected chi connectivity index (χ0v) is 23.7. The van der Waals surface area contributed by atoms with Gasteiger partial charge in [0.15, 0.2) is 0 Å². The molecule has 2 fully saturated rings. The fraction of sp³-hybridized carbons (Fsp3) is 0.533. The van der Waals surface area contributed by atoms with Gasteiger partial charge in [-0.1, -0.05) is 26.0 Å². The summed E-state index contributed by atoms with van der Waals surface area (Å²) in [6.45, 7) is 15.8. The number of phenols is 2. The van der Waals surface area contributed by atoms with E-state index in [1.165, 1.54) is 25.0 Å². The van der Waals surface area contributed by atoms with Crippen LogP contribution in [-0.2, 0) is 6.54 Å². The maximum absolute atomic E-state index is 12.4. The van der Waals surface area contributed by atoms with E-state index in [0.29, 0.717) is 11.3 Å². The molecule has 0 radical (unpaired) electrons. The lowest BCUT2D eigenvalue weighted by molar-refractivity contribution is 0.00506. The number of nitrogens with two attached hydrogens (primary N) is 1. The van der Waals surface area contributed by atoms with Gasteiger partial charge in [0, 0.05) is 44.3 Å². The Bertz CT molecular complexity index is 1170. The van der Waals surface area contributed by atoms with E-state index in [1.54, 1.807) is 12.1 Å². The molecule has 2 saturated heterocycles. The highest BCUT2D eigenvalue weighted by molar-refractivity contribution is 6.22. The van der Waals surface area contributed by atoms with Crippen LogP contribution in [0.2, 0.25) is 0 Å². The molecule has 0 unspecified atom stereocenters. The van der Waals surface area contributed by atoms with Crippen molar-refractivity contribution in [2.45, 2.75) is 58.5 Å². The first-order chi connectivity index (χ1) is 18.5. The Kier molecular flexibility index (Phi) is 8.83. The summed E-state index contributed by atoms with van der Waals surface area (Å²) in [6, 6.07) is 9.40. The van der Waals surface area contributed by atoms with E-state index in [-0.39, 0.29) is 34.4 Å². The van der Waals surface area contributed by atoms with Crippen LogP contribution in [0.25, 0.3) is 0 Å². The van der Waals surface area contributed by atoms with E-state index in [2.05, 4.69) is 29.0 Å². The summed E-state index contributed by atoms with van der Waals surface area (Å²) < 4.78 is 0. The third-order valence-electron chi connectivity index (χ3n) is 8.59. The van der Waals surface area contributed by atoms with Gasteiger partial charge in [0.1, 0.15) is 17.3 Å². The van der Waals surface area contributed by atoms with Crippen molar-refractivity contribution in [3.63, 3.8) is 0 Å². The summed E-state index contributed by atoms with van der Waals surface area (Å²) in [5.41, 5.74) is 8.15. The van der Waals surface area contributed by atoms with Gasteiger partial charge in [0.2, 0.25) is 0 Å². The molecule has 212 valence electrons. The quantitative estimate of drug-likeness (QED) is 0.268. The number of amidine groups is 1. The summed E-state index contributed by atoms with van der Waals surface area (Å²) in [7, 11) is 0. The summed E-state index contributed by atoms with van der Waals surface area (Å²) in [6.07, 6.45) is 2.48. The minimum atomic E-state index is -0.821. The van der Waals surface area contributed by atoms with Crippen molar-refractivity contribution in [2.75, 3.05) is 44.2 Å². The molecule has 6 N–H and O–H groups in total. The number of hydrogen-bond donors (Lipinski definition) is 5. The van der Waals surface area contributed by atoms with Gasteiger partial charge in [-0.3, -0.25) is 15.2 Å². The topological polar surface area (TPSA) is 129 Å². The van der Waals surface area contributed by atoms with Gasteiger partial charge in [-0.25, -0.2) is 9.69 Å². The average molecular weight is 537 g/mol. The number of primary amides is 1. The van der Waals surface area contributed by atoms with Crippen LogP contribution >= 0.6 is 0 Å². The number of piperazine rings is 1. The predicted molar refractivity (Wildman–Crippen MR) is 156 cm³/mol. The molecule has 9 nitrogen and oxygen atoms in total. The average Bonchev–Trinajstić information content (AvgIpc) is 2.90. The molecule has 0 saturated carbocycles. The number of piperidine rings is 1. The molecule has 0 aromatic heterocycles. The molecule has 0 bridgehead atoms. The number of anilines is 1. The Morgan fingerprint density at radius 3 is 2.26 bits per heavy atom. The Morgan fingerprint density at radius 1 is 1.08 bits per heavy atom. The van der Waals surface area contributed by atoms with Crippen LogP contribution in [0.3, 0.4) is 0 Å². The molecule has 0 aliphatic carbocycles. The highest BCUT2D eigenvalue weighted by Gasteiger charge is 2.37. The summed E-state index contributed by atoms with van der Waals surface area (Å²) >= 11 is 0. The fourth-order valence-electron chi connectivity index (χ4n) is 6.01. The van der Waals surface area contributed by atoms with Crippen LogP contribution in [0.5, 0.6) is 11.5 Å². The largest absolute Gasteiger partial charge is 0.508 e. The van der Waals surface area contributed by atoms with E-state index in [1.807, 2.05) is 26.0 Å². The van der Waals surface area contributed by atoms with Crippen LogP contribution in [-0.4, -0.2) is 76.7 Å². The number of benzene rings is 2. The highest BCUT2D eigenvalue weighted by atomic mass is 16.3. The first-order valence-electron chi connectivity index (χ1n) is 14.0. The number of aromatic hydroxyl groups is 2. The molecule has 9 heteroatoms. The highest BCUT2D eigenvalue weighted by Crippen LogP contribution is 2.34. The van der Waals surface area contributed by atoms with Crippen molar-refractivity contribution in [1.29, 1.82) is 5.41 Å². The van der Waals surface area contributed by atoms with Gasteiger partial charge in [0.05, 0.1) is 11.3 Å². The Hall–Kier alpha value is -3.14. The fourth-order valence-corrected chi connectivity index (χ4v) is 6.01. The number of phenolic OH excluding ortho intramolecular Hbond substituents is 2. The summed E-state index contributed by atoms with van der Waals surface area (Å²) in [5, 5.41) is 32.7. The molecule has 2 heterocycles. The lowest BCUT2D eigenvalue weighted by atomic mass is 9.79. The maximum atomic E-state index is 12.4. The van der Waals surface area contributed by atoms with Crippen LogP contribution in [0.1, 0.15) is 63.1 Å². The van der Waals surface area contributed by atoms with Gasteiger partial charge < -0.3 is 21.3 Å². The van der Waals surface area contributed by atoms with Crippen LogP contribution in [0.4, 0.5) is 10.5 Å². The lowest BCUT2D eigenvalue weighted by Gasteiger charge is -2.49. The molecule has 2 amide bonds. The van der Waals surface area contributed by atoms with E-state index in [9.17, 15) is 15.0 Å². The standard InChI is InChI=1S/C30H44N6O3/c1-20(2)24-17-25(27(38)18-26(24)37)28(31)36(29(32)39)23-7-5-21(6-8-23)19-34-13-15-35(16-14-34)30(3,4)22-9-11-33-12-10-22/h5-8,17-18,20,22,31,33,37-38H,9-16,19H2,1-4H3,(H2,32,39).